The Morgan fingerprint density at radius 1 is 1.05 bits per heavy atom. The highest BCUT2D eigenvalue weighted by Crippen LogP contribution is 2.30. The zero-order chi connectivity index (χ0) is 29.9. The second-order valence-electron chi connectivity index (χ2n) is 11.2. The lowest BCUT2D eigenvalue weighted by Gasteiger charge is -2.31. The van der Waals surface area contributed by atoms with Gasteiger partial charge in [-0.15, -0.1) is 0 Å². The smallest absolute Gasteiger partial charge is 0.407 e. The number of carbonyl (C=O) groups is 2. The van der Waals surface area contributed by atoms with Crippen molar-refractivity contribution in [2.24, 2.45) is 5.92 Å². The molecule has 42 heavy (non-hydrogen) atoms. The van der Waals surface area contributed by atoms with E-state index in [4.69, 9.17) is 18.9 Å². The SMILES string of the molecule is COCCCOc1cc(C(=O)N(C[C@@H]2CNC[C@H]2OC(=O)NCc2ccccc2N2CCCC2)C(C)C)ccc1OC. The Labute approximate surface area is 249 Å². The maximum atomic E-state index is 13.7. The first kappa shape index (κ1) is 31.4. The number of hydrogen-bond acceptors (Lipinski definition) is 8. The van der Waals surface area contributed by atoms with Gasteiger partial charge in [-0.2, -0.15) is 0 Å². The number of rotatable bonds is 14. The van der Waals surface area contributed by atoms with Crippen molar-refractivity contribution in [3.63, 3.8) is 0 Å². The lowest BCUT2D eigenvalue weighted by atomic mass is 10.0. The molecule has 0 aliphatic carbocycles. The molecule has 10 nitrogen and oxygen atoms in total. The van der Waals surface area contributed by atoms with E-state index in [1.165, 1.54) is 18.5 Å². The summed E-state index contributed by atoms with van der Waals surface area (Å²) in [7, 11) is 3.23. The first-order valence-electron chi connectivity index (χ1n) is 15.0. The molecule has 2 amide bonds. The van der Waals surface area contributed by atoms with Crippen LogP contribution in [0.5, 0.6) is 11.5 Å². The van der Waals surface area contributed by atoms with Crippen LogP contribution >= 0.6 is 0 Å². The zero-order valence-electron chi connectivity index (χ0n) is 25.4. The summed E-state index contributed by atoms with van der Waals surface area (Å²) in [5.74, 6) is 0.947. The third kappa shape index (κ3) is 8.29. The quantitative estimate of drug-likeness (QED) is 0.322. The standard InChI is InChI=1S/C32H46N4O6/c1-23(2)36(31(37)24-12-13-28(40-4)29(18-24)41-17-9-16-39-3)22-26-19-33-21-30(26)42-32(38)34-20-25-10-5-6-11-27(25)35-14-7-8-15-35/h5-6,10-13,18,23,26,30,33H,7-9,14-17,19-22H2,1-4H3,(H,34,38)/t26-,30+/m0/s1. The predicted molar refractivity (Wildman–Crippen MR) is 163 cm³/mol. The summed E-state index contributed by atoms with van der Waals surface area (Å²) in [6, 6.07) is 13.4. The lowest BCUT2D eigenvalue weighted by Crippen LogP contribution is -2.44. The van der Waals surface area contributed by atoms with E-state index in [2.05, 4.69) is 27.7 Å². The topological polar surface area (TPSA) is 102 Å². The van der Waals surface area contributed by atoms with E-state index < -0.39 is 6.09 Å². The molecule has 2 aliphatic rings. The van der Waals surface area contributed by atoms with Crippen molar-refractivity contribution in [2.45, 2.75) is 51.8 Å². The molecule has 0 aromatic heterocycles. The molecule has 2 atom stereocenters. The number of carbonyl (C=O) groups excluding carboxylic acids is 2. The van der Waals surface area contributed by atoms with E-state index in [-0.39, 0.29) is 24.0 Å². The normalized spacial score (nSPS) is 18.3. The number of methoxy groups -OCH3 is 2. The van der Waals surface area contributed by atoms with Gasteiger partial charge in [0.05, 0.1) is 13.7 Å². The number of para-hydroxylation sites is 1. The highest BCUT2D eigenvalue weighted by Gasteiger charge is 2.34. The number of nitrogens with one attached hydrogen (secondary N) is 2. The zero-order valence-corrected chi connectivity index (χ0v) is 25.4. The molecule has 0 saturated carbocycles. The molecule has 0 bridgehead atoms. The Morgan fingerprint density at radius 2 is 1.83 bits per heavy atom. The minimum Gasteiger partial charge on any atom is -0.493 e. The Kier molecular flexibility index (Phi) is 11.7. The van der Waals surface area contributed by atoms with Crippen LogP contribution in [0, 0.1) is 5.92 Å². The average molecular weight is 583 g/mol. The number of nitrogens with zero attached hydrogens (tertiary/aromatic N) is 2. The molecular weight excluding hydrogens is 536 g/mol. The summed E-state index contributed by atoms with van der Waals surface area (Å²) in [5.41, 5.74) is 2.77. The van der Waals surface area contributed by atoms with Crippen LogP contribution in [0.15, 0.2) is 42.5 Å². The summed E-state index contributed by atoms with van der Waals surface area (Å²) in [6.45, 7) is 9.17. The van der Waals surface area contributed by atoms with Crippen LogP contribution in [-0.4, -0.2) is 89.2 Å². The van der Waals surface area contributed by atoms with Crippen molar-refractivity contribution >= 4 is 17.7 Å². The fourth-order valence-corrected chi connectivity index (χ4v) is 5.56. The average Bonchev–Trinajstić information content (AvgIpc) is 3.69. The summed E-state index contributed by atoms with van der Waals surface area (Å²) in [6.07, 6.45) is 2.32. The highest BCUT2D eigenvalue weighted by atomic mass is 16.6. The Bertz CT molecular complexity index is 1170. The van der Waals surface area contributed by atoms with Crippen LogP contribution in [-0.2, 0) is 16.0 Å². The van der Waals surface area contributed by atoms with Crippen LogP contribution in [0.4, 0.5) is 10.5 Å². The minimum absolute atomic E-state index is 0.0398. The molecule has 2 aromatic rings. The van der Waals surface area contributed by atoms with Gasteiger partial charge >= 0.3 is 6.09 Å². The third-order valence-corrected chi connectivity index (χ3v) is 7.87. The number of hydrogen-bond donors (Lipinski definition) is 2. The number of anilines is 1. The summed E-state index contributed by atoms with van der Waals surface area (Å²) in [4.78, 5) is 30.8. The largest absolute Gasteiger partial charge is 0.493 e. The molecule has 4 rings (SSSR count). The van der Waals surface area contributed by atoms with Crippen LogP contribution in [0.1, 0.15) is 49.0 Å². The van der Waals surface area contributed by atoms with Crippen LogP contribution in [0.3, 0.4) is 0 Å². The second kappa shape index (κ2) is 15.7. The maximum Gasteiger partial charge on any atom is 0.407 e. The Hall–Kier alpha value is -3.50. The van der Waals surface area contributed by atoms with Crippen molar-refractivity contribution < 1.29 is 28.5 Å². The van der Waals surface area contributed by atoms with E-state index in [1.54, 1.807) is 32.4 Å². The van der Waals surface area contributed by atoms with Gasteiger partial charge in [0.25, 0.3) is 5.91 Å². The first-order valence-corrected chi connectivity index (χ1v) is 15.0. The molecule has 2 N–H and O–H groups in total. The molecule has 0 radical (unpaired) electrons. The van der Waals surface area contributed by atoms with Crippen molar-refractivity contribution in [2.75, 3.05) is 65.1 Å². The fraction of sp³-hybridized carbons (Fsp3) is 0.562. The van der Waals surface area contributed by atoms with Gasteiger partial charge in [0, 0.05) is 82.6 Å². The number of benzene rings is 2. The van der Waals surface area contributed by atoms with E-state index in [9.17, 15) is 9.59 Å². The first-order chi connectivity index (χ1) is 20.4. The van der Waals surface area contributed by atoms with Crippen molar-refractivity contribution in [1.82, 2.24) is 15.5 Å². The van der Waals surface area contributed by atoms with Gasteiger partial charge in [-0.05, 0) is 56.5 Å². The maximum absolute atomic E-state index is 13.7. The van der Waals surface area contributed by atoms with E-state index in [1.807, 2.05) is 30.9 Å². The molecule has 230 valence electrons. The predicted octanol–water partition coefficient (Wildman–Crippen LogP) is 4.08. The van der Waals surface area contributed by atoms with Gasteiger partial charge in [-0.1, -0.05) is 18.2 Å². The highest BCUT2D eigenvalue weighted by molar-refractivity contribution is 5.95. The monoisotopic (exact) mass is 582 g/mol. The summed E-state index contributed by atoms with van der Waals surface area (Å²) < 4.78 is 22.3. The molecule has 2 saturated heterocycles. The summed E-state index contributed by atoms with van der Waals surface area (Å²) >= 11 is 0. The van der Waals surface area contributed by atoms with Gasteiger partial charge in [0.1, 0.15) is 6.10 Å². The van der Waals surface area contributed by atoms with Crippen molar-refractivity contribution in [3.05, 3.63) is 53.6 Å². The second-order valence-corrected chi connectivity index (χ2v) is 11.2. The molecule has 0 spiro atoms. The van der Waals surface area contributed by atoms with Crippen LogP contribution in [0.2, 0.25) is 0 Å². The lowest BCUT2D eigenvalue weighted by molar-refractivity contribution is 0.0521. The molecule has 0 unspecified atom stereocenters. The fourth-order valence-electron chi connectivity index (χ4n) is 5.56. The van der Waals surface area contributed by atoms with Gasteiger partial charge in [0.2, 0.25) is 0 Å². The van der Waals surface area contributed by atoms with E-state index >= 15 is 0 Å². The number of amides is 2. The van der Waals surface area contributed by atoms with Crippen LogP contribution in [0.25, 0.3) is 0 Å². The van der Waals surface area contributed by atoms with Gasteiger partial charge in [0.15, 0.2) is 11.5 Å². The molecule has 10 heteroatoms. The number of ether oxygens (including phenoxy) is 4. The van der Waals surface area contributed by atoms with Gasteiger partial charge in [-0.3, -0.25) is 4.79 Å². The Morgan fingerprint density at radius 3 is 2.57 bits per heavy atom. The molecule has 2 aliphatic heterocycles. The van der Waals surface area contributed by atoms with Crippen molar-refractivity contribution in [3.8, 4) is 11.5 Å². The van der Waals surface area contributed by atoms with Crippen LogP contribution < -0.4 is 25.0 Å². The van der Waals surface area contributed by atoms with Crippen molar-refractivity contribution in [1.29, 1.82) is 0 Å². The van der Waals surface area contributed by atoms with Gasteiger partial charge in [-0.25, -0.2) is 4.79 Å². The van der Waals surface area contributed by atoms with E-state index in [0.717, 1.165) is 25.1 Å². The number of alkyl carbamates (subject to hydrolysis) is 1. The molecule has 2 heterocycles. The third-order valence-electron chi connectivity index (χ3n) is 7.87. The van der Waals surface area contributed by atoms with Gasteiger partial charge < -0.3 is 39.4 Å². The van der Waals surface area contributed by atoms with E-state index in [0.29, 0.717) is 56.5 Å². The molecule has 2 fully saturated rings. The molecular formula is C32H46N4O6. The Balaban J connectivity index is 1.36. The summed E-state index contributed by atoms with van der Waals surface area (Å²) in [5, 5.41) is 6.28. The molecule has 2 aromatic carbocycles. The minimum atomic E-state index is -0.447.